The van der Waals surface area contributed by atoms with Crippen molar-refractivity contribution in [1.29, 1.82) is 0 Å². The number of hydrogen-bond donors (Lipinski definition) is 1. The summed E-state index contributed by atoms with van der Waals surface area (Å²) in [5, 5.41) is 6.87. The highest BCUT2D eigenvalue weighted by atomic mass is 32.2. The molecular weight excluding hydrogens is 382 g/mol. The number of carbonyl (C=O) groups excluding carboxylic acids is 1. The number of amides is 1. The molecule has 8 nitrogen and oxygen atoms in total. The lowest BCUT2D eigenvalue weighted by molar-refractivity contribution is -0.127. The Bertz CT molecular complexity index is 958. The van der Waals surface area contributed by atoms with Crippen molar-refractivity contribution in [3.05, 3.63) is 35.1 Å². The molecule has 1 N–H and O–H groups in total. The lowest BCUT2D eigenvalue weighted by atomic mass is 9.92. The predicted octanol–water partition coefficient (Wildman–Crippen LogP) is 2.48. The van der Waals surface area contributed by atoms with E-state index in [0.29, 0.717) is 25.1 Å². The maximum Gasteiger partial charge on any atom is 0.248 e. The highest BCUT2D eigenvalue weighted by Gasteiger charge is 2.37. The molecule has 0 bridgehead atoms. The van der Waals surface area contributed by atoms with Crippen molar-refractivity contribution in [2.45, 2.75) is 56.9 Å². The van der Waals surface area contributed by atoms with Crippen molar-refractivity contribution in [3.63, 3.8) is 0 Å². The largest absolute Gasteiger partial charge is 0.469 e. The first-order valence-corrected chi connectivity index (χ1v) is 11.1. The summed E-state index contributed by atoms with van der Waals surface area (Å²) in [7, 11) is -3.74. The minimum Gasteiger partial charge on any atom is -0.469 e. The first-order chi connectivity index (χ1) is 13.4. The van der Waals surface area contributed by atoms with E-state index in [1.54, 1.807) is 20.1 Å². The van der Waals surface area contributed by atoms with Crippen LogP contribution in [-0.2, 0) is 21.2 Å². The molecule has 0 spiro atoms. The van der Waals surface area contributed by atoms with Crippen molar-refractivity contribution < 1.29 is 22.2 Å². The molecule has 1 aliphatic carbocycles. The van der Waals surface area contributed by atoms with Crippen molar-refractivity contribution in [1.82, 2.24) is 14.8 Å². The maximum atomic E-state index is 13.1. The van der Waals surface area contributed by atoms with Gasteiger partial charge in [0.25, 0.3) is 0 Å². The van der Waals surface area contributed by atoms with E-state index in [1.165, 1.54) is 4.31 Å². The molecule has 1 aliphatic heterocycles. The van der Waals surface area contributed by atoms with Gasteiger partial charge in [0.05, 0.1) is 18.2 Å². The summed E-state index contributed by atoms with van der Waals surface area (Å²) in [6.07, 6.45) is 5.69. The van der Waals surface area contributed by atoms with Gasteiger partial charge in [-0.3, -0.25) is 4.79 Å². The summed E-state index contributed by atoms with van der Waals surface area (Å²) < 4.78 is 38.0. The second-order valence-electron chi connectivity index (χ2n) is 7.61. The Kier molecular flexibility index (Phi) is 5.05. The van der Waals surface area contributed by atoms with Gasteiger partial charge >= 0.3 is 0 Å². The SMILES string of the molecule is Cc1noc(C)c1S(=O)(=O)N1CCCC(C(=O)NC2CCCc3occc32)C1. The first-order valence-electron chi connectivity index (χ1n) is 9.67. The third kappa shape index (κ3) is 3.37. The predicted molar refractivity (Wildman–Crippen MR) is 100.0 cm³/mol. The van der Waals surface area contributed by atoms with Gasteiger partial charge in [-0.1, -0.05) is 5.16 Å². The van der Waals surface area contributed by atoms with Gasteiger partial charge in [-0.15, -0.1) is 0 Å². The van der Waals surface area contributed by atoms with Crippen LogP contribution in [0.4, 0.5) is 0 Å². The molecule has 1 saturated heterocycles. The molecule has 2 aromatic rings. The van der Waals surface area contributed by atoms with E-state index in [9.17, 15) is 13.2 Å². The number of nitrogens with zero attached hydrogens (tertiary/aromatic N) is 2. The zero-order valence-corrected chi connectivity index (χ0v) is 16.9. The molecule has 28 heavy (non-hydrogen) atoms. The van der Waals surface area contributed by atoms with Crippen LogP contribution in [-0.4, -0.2) is 36.9 Å². The lowest BCUT2D eigenvalue weighted by Gasteiger charge is -2.32. The van der Waals surface area contributed by atoms with Crippen LogP contribution in [0.25, 0.3) is 0 Å². The molecule has 0 aromatic carbocycles. The van der Waals surface area contributed by atoms with Crippen LogP contribution in [0.2, 0.25) is 0 Å². The third-order valence-corrected chi connectivity index (χ3v) is 7.80. The molecule has 2 atom stereocenters. The topological polar surface area (TPSA) is 106 Å². The van der Waals surface area contributed by atoms with E-state index < -0.39 is 10.0 Å². The van der Waals surface area contributed by atoms with Gasteiger partial charge in [-0.2, -0.15) is 4.31 Å². The molecule has 2 aliphatic rings. The Labute approximate surface area is 164 Å². The summed E-state index contributed by atoms with van der Waals surface area (Å²) in [5.41, 5.74) is 1.38. The van der Waals surface area contributed by atoms with Gasteiger partial charge in [0, 0.05) is 25.1 Å². The lowest BCUT2D eigenvalue weighted by Crippen LogP contribution is -2.46. The highest BCUT2D eigenvalue weighted by molar-refractivity contribution is 7.89. The fourth-order valence-corrected chi connectivity index (χ4v) is 6.09. The van der Waals surface area contributed by atoms with E-state index in [1.807, 2.05) is 6.07 Å². The van der Waals surface area contributed by atoms with Crippen LogP contribution in [0.3, 0.4) is 0 Å². The smallest absolute Gasteiger partial charge is 0.248 e. The van der Waals surface area contributed by atoms with Crippen LogP contribution >= 0.6 is 0 Å². The summed E-state index contributed by atoms with van der Waals surface area (Å²) in [5.74, 6) is 0.737. The fraction of sp³-hybridized carbons (Fsp3) is 0.579. The van der Waals surface area contributed by atoms with Gasteiger partial charge in [0.2, 0.25) is 15.9 Å². The molecule has 1 amide bonds. The zero-order valence-electron chi connectivity index (χ0n) is 16.1. The quantitative estimate of drug-likeness (QED) is 0.835. The van der Waals surface area contributed by atoms with Crippen LogP contribution in [0.5, 0.6) is 0 Å². The average Bonchev–Trinajstić information content (AvgIpc) is 3.29. The van der Waals surface area contributed by atoms with Crippen molar-refractivity contribution >= 4 is 15.9 Å². The molecule has 4 rings (SSSR count). The number of nitrogens with one attached hydrogen (secondary N) is 1. The second kappa shape index (κ2) is 7.36. The number of fused-ring (bicyclic) bond motifs is 1. The molecule has 152 valence electrons. The minimum atomic E-state index is -3.74. The summed E-state index contributed by atoms with van der Waals surface area (Å²) in [6, 6.07) is 1.85. The Hall–Kier alpha value is -2.13. The van der Waals surface area contributed by atoms with Crippen LogP contribution < -0.4 is 5.32 Å². The normalized spacial score (nSPS) is 23.4. The van der Waals surface area contributed by atoms with Gasteiger partial charge in [-0.05, 0) is 45.6 Å². The molecule has 3 heterocycles. The summed E-state index contributed by atoms with van der Waals surface area (Å²) >= 11 is 0. The van der Waals surface area contributed by atoms with E-state index >= 15 is 0 Å². The number of sulfonamides is 1. The Morgan fingerprint density at radius 1 is 1.29 bits per heavy atom. The number of carbonyl (C=O) groups is 1. The molecule has 2 aromatic heterocycles. The number of aryl methyl sites for hydroxylation is 3. The van der Waals surface area contributed by atoms with Gasteiger partial charge in [0.15, 0.2) is 5.76 Å². The number of rotatable bonds is 4. The molecule has 1 fully saturated rings. The Balaban J connectivity index is 1.48. The molecule has 0 radical (unpaired) electrons. The highest BCUT2D eigenvalue weighted by Crippen LogP contribution is 2.32. The number of furan rings is 1. The van der Waals surface area contributed by atoms with Crippen LogP contribution in [0.1, 0.15) is 54.5 Å². The number of aromatic nitrogens is 1. The number of piperidine rings is 1. The van der Waals surface area contributed by atoms with Gasteiger partial charge < -0.3 is 14.3 Å². The monoisotopic (exact) mass is 407 g/mol. The second-order valence-corrected chi connectivity index (χ2v) is 9.48. The summed E-state index contributed by atoms with van der Waals surface area (Å²) in [4.78, 5) is 13.0. The standard InChI is InChI=1S/C19H25N3O5S/c1-12-18(13(2)27-21-12)28(24,25)22-9-4-5-14(11-22)19(23)20-16-6-3-7-17-15(16)8-10-26-17/h8,10,14,16H,3-7,9,11H2,1-2H3,(H,20,23). The van der Waals surface area contributed by atoms with Crippen molar-refractivity contribution in [2.75, 3.05) is 13.1 Å². The van der Waals surface area contributed by atoms with Crippen LogP contribution in [0, 0.1) is 19.8 Å². The molecule has 0 saturated carbocycles. The van der Waals surface area contributed by atoms with Crippen molar-refractivity contribution in [3.8, 4) is 0 Å². The van der Waals surface area contributed by atoms with E-state index in [-0.39, 0.29) is 35.1 Å². The van der Waals surface area contributed by atoms with E-state index in [0.717, 1.165) is 30.6 Å². The third-order valence-electron chi connectivity index (χ3n) is 5.69. The molecular formula is C19H25N3O5S. The number of hydrogen-bond acceptors (Lipinski definition) is 6. The summed E-state index contributed by atoms with van der Waals surface area (Å²) in [6.45, 7) is 3.77. The molecule has 2 unspecified atom stereocenters. The Morgan fingerprint density at radius 2 is 2.11 bits per heavy atom. The average molecular weight is 407 g/mol. The van der Waals surface area contributed by atoms with Gasteiger partial charge in [0.1, 0.15) is 16.3 Å². The first kappa shape index (κ1) is 19.2. The van der Waals surface area contributed by atoms with Crippen LogP contribution in [0.15, 0.2) is 26.2 Å². The van der Waals surface area contributed by atoms with Crippen molar-refractivity contribution in [2.24, 2.45) is 5.92 Å². The minimum absolute atomic E-state index is 0.0652. The zero-order chi connectivity index (χ0) is 19.9. The Morgan fingerprint density at radius 3 is 2.86 bits per heavy atom. The maximum absolute atomic E-state index is 13.1. The van der Waals surface area contributed by atoms with Gasteiger partial charge in [-0.25, -0.2) is 8.42 Å². The molecule has 9 heteroatoms. The van der Waals surface area contributed by atoms with E-state index in [4.69, 9.17) is 8.94 Å². The fourth-order valence-electron chi connectivity index (χ4n) is 4.27. The van der Waals surface area contributed by atoms with E-state index in [2.05, 4.69) is 10.5 Å².